The summed E-state index contributed by atoms with van der Waals surface area (Å²) in [5, 5.41) is 16.6. The highest BCUT2D eigenvalue weighted by Crippen LogP contribution is 2.30. The fourth-order valence-corrected chi connectivity index (χ4v) is 7.40. The lowest BCUT2D eigenvalue weighted by Crippen LogP contribution is -2.59. The number of rotatable bonds is 18. The molecule has 14 nitrogen and oxygen atoms in total. The number of methoxy groups -OCH3 is 2. The van der Waals surface area contributed by atoms with Gasteiger partial charge in [0.2, 0.25) is 23.6 Å². The molecule has 2 aliphatic rings. The van der Waals surface area contributed by atoms with Gasteiger partial charge in [0.15, 0.2) is 0 Å². The first-order valence-electron chi connectivity index (χ1n) is 18.4. The van der Waals surface area contributed by atoms with E-state index in [4.69, 9.17) is 14.2 Å². The van der Waals surface area contributed by atoms with E-state index in [1.807, 2.05) is 45.9 Å². The predicted octanol–water partition coefficient (Wildman–Crippen LogP) is 2.74. The molecule has 3 N–H and O–H groups in total. The van der Waals surface area contributed by atoms with E-state index in [2.05, 4.69) is 10.6 Å². The first-order chi connectivity index (χ1) is 24.6. The van der Waals surface area contributed by atoms with Gasteiger partial charge >= 0.3 is 6.09 Å². The highest BCUT2D eigenvalue weighted by Gasteiger charge is 2.44. The topological polar surface area (TPSA) is 167 Å². The Hall–Kier alpha value is -3.75. The largest absolute Gasteiger partial charge is 0.447 e. The third-order valence-electron chi connectivity index (χ3n) is 10.9. The highest BCUT2D eigenvalue weighted by atomic mass is 16.6. The number of likely N-dealkylation sites (N-methyl/N-ethyl adjacent to an activating group) is 2. The zero-order chi connectivity index (χ0) is 38.9. The van der Waals surface area contributed by atoms with Gasteiger partial charge in [-0.25, -0.2) is 4.79 Å². The van der Waals surface area contributed by atoms with Crippen LogP contribution in [-0.2, 0) is 33.4 Å². The number of ether oxygens (including phenoxy) is 3. The lowest BCUT2D eigenvalue weighted by molar-refractivity contribution is -0.148. The summed E-state index contributed by atoms with van der Waals surface area (Å²) in [4.78, 5) is 71.2. The van der Waals surface area contributed by atoms with Gasteiger partial charge in [-0.15, -0.1) is 0 Å². The summed E-state index contributed by atoms with van der Waals surface area (Å²) < 4.78 is 16.9. The number of nitrogens with zero attached hydrogens (tertiary/aromatic N) is 3. The molecule has 0 radical (unpaired) electrons. The normalized spacial score (nSPS) is 22.1. The number of nitrogens with one attached hydrogen (secondary N) is 2. The predicted molar refractivity (Wildman–Crippen MR) is 195 cm³/mol. The van der Waals surface area contributed by atoms with Crippen LogP contribution in [0.15, 0.2) is 30.3 Å². The Morgan fingerprint density at radius 2 is 1.69 bits per heavy atom. The first kappa shape index (κ1) is 42.7. The molecule has 2 heterocycles. The van der Waals surface area contributed by atoms with Crippen molar-refractivity contribution in [3.63, 3.8) is 0 Å². The molecule has 0 unspecified atom stereocenters. The highest BCUT2D eigenvalue weighted by molar-refractivity contribution is 5.92. The molecule has 1 aromatic carbocycles. The van der Waals surface area contributed by atoms with Crippen LogP contribution in [0.5, 0.6) is 0 Å². The third kappa shape index (κ3) is 10.0. The number of cyclic esters (lactones) is 1. The summed E-state index contributed by atoms with van der Waals surface area (Å²) in [6, 6.07) is 5.97. The van der Waals surface area contributed by atoms with Gasteiger partial charge in [-0.05, 0) is 37.2 Å². The van der Waals surface area contributed by atoms with Gasteiger partial charge in [0.05, 0.1) is 48.8 Å². The summed E-state index contributed by atoms with van der Waals surface area (Å²) in [6.45, 7) is 11.6. The molecule has 2 fully saturated rings. The van der Waals surface area contributed by atoms with Gasteiger partial charge in [-0.2, -0.15) is 0 Å². The number of likely N-dealkylation sites (tertiary alicyclic amines) is 1. The average molecular weight is 732 g/mol. The van der Waals surface area contributed by atoms with Crippen molar-refractivity contribution in [2.45, 2.75) is 116 Å². The van der Waals surface area contributed by atoms with Crippen LogP contribution in [0.4, 0.5) is 4.79 Å². The van der Waals surface area contributed by atoms with Gasteiger partial charge in [0, 0.05) is 34.9 Å². The Labute approximate surface area is 308 Å². The maximum Gasteiger partial charge on any atom is 0.410 e. The zero-order valence-corrected chi connectivity index (χ0v) is 32.5. The van der Waals surface area contributed by atoms with Crippen LogP contribution in [0.25, 0.3) is 0 Å². The summed E-state index contributed by atoms with van der Waals surface area (Å²) in [7, 11) is 6.21. The molecule has 0 aliphatic carbocycles. The number of hydrogen-bond donors (Lipinski definition) is 3. The molecular weight excluding hydrogens is 670 g/mol. The third-order valence-corrected chi connectivity index (χ3v) is 10.9. The Kier molecular flexibility index (Phi) is 15.9. The Bertz CT molecular complexity index is 1360. The molecule has 2 aliphatic heterocycles. The molecule has 0 bridgehead atoms. The Morgan fingerprint density at radius 3 is 2.23 bits per heavy atom. The minimum Gasteiger partial charge on any atom is -0.447 e. The molecule has 10 atom stereocenters. The van der Waals surface area contributed by atoms with E-state index < -0.39 is 60.4 Å². The van der Waals surface area contributed by atoms with Crippen LogP contribution < -0.4 is 10.6 Å². The number of aliphatic hydroxyl groups excluding tert-OH is 1. The van der Waals surface area contributed by atoms with E-state index in [0.717, 1.165) is 6.42 Å². The molecule has 3 rings (SSSR count). The quantitative estimate of drug-likeness (QED) is 0.206. The second kappa shape index (κ2) is 19.4. The maximum atomic E-state index is 14.1. The van der Waals surface area contributed by atoms with E-state index in [1.54, 1.807) is 42.8 Å². The van der Waals surface area contributed by atoms with Crippen LogP contribution in [0.1, 0.15) is 78.9 Å². The Balaban J connectivity index is 1.74. The second-order valence-electron chi connectivity index (χ2n) is 14.7. The second-order valence-corrected chi connectivity index (χ2v) is 14.7. The van der Waals surface area contributed by atoms with E-state index in [0.29, 0.717) is 24.9 Å². The van der Waals surface area contributed by atoms with Crippen LogP contribution in [0, 0.1) is 17.8 Å². The number of amides is 5. The van der Waals surface area contributed by atoms with Gasteiger partial charge in [0.25, 0.3) is 0 Å². The van der Waals surface area contributed by atoms with Crippen molar-refractivity contribution in [3.05, 3.63) is 35.9 Å². The smallest absolute Gasteiger partial charge is 0.410 e. The molecule has 0 aromatic heterocycles. The molecule has 2 saturated heterocycles. The van der Waals surface area contributed by atoms with E-state index in [1.165, 1.54) is 26.2 Å². The van der Waals surface area contributed by atoms with Crippen LogP contribution >= 0.6 is 0 Å². The maximum absolute atomic E-state index is 14.1. The minimum absolute atomic E-state index is 0.0119. The van der Waals surface area contributed by atoms with E-state index in [9.17, 15) is 29.1 Å². The van der Waals surface area contributed by atoms with E-state index in [-0.39, 0.29) is 48.6 Å². The van der Waals surface area contributed by atoms with Crippen molar-refractivity contribution < 1.29 is 43.3 Å². The monoisotopic (exact) mass is 731 g/mol. The lowest BCUT2D eigenvalue weighted by Gasteiger charge is -2.41. The number of carbonyl (C=O) groups is 5. The van der Waals surface area contributed by atoms with Crippen LogP contribution in [0.2, 0.25) is 0 Å². The van der Waals surface area contributed by atoms with Crippen LogP contribution in [-0.4, -0.2) is 133 Å². The van der Waals surface area contributed by atoms with Crippen molar-refractivity contribution in [2.75, 3.05) is 41.5 Å². The average Bonchev–Trinajstić information content (AvgIpc) is 3.75. The van der Waals surface area contributed by atoms with Gasteiger partial charge < -0.3 is 39.8 Å². The lowest BCUT2D eigenvalue weighted by atomic mass is 9.89. The van der Waals surface area contributed by atoms with E-state index >= 15 is 0 Å². The molecule has 0 saturated carbocycles. The van der Waals surface area contributed by atoms with Gasteiger partial charge in [-0.1, -0.05) is 71.4 Å². The minimum atomic E-state index is -0.893. The fraction of sp³-hybridized carbons (Fsp3) is 0.711. The first-order valence-corrected chi connectivity index (χ1v) is 18.4. The molecule has 292 valence electrons. The molecule has 0 spiro atoms. The molecule has 1 aromatic rings. The summed E-state index contributed by atoms with van der Waals surface area (Å²) in [5.74, 6) is -2.24. The van der Waals surface area contributed by atoms with Gasteiger partial charge in [0.1, 0.15) is 18.7 Å². The fourth-order valence-electron chi connectivity index (χ4n) is 7.40. The van der Waals surface area contributed by atoms with Crippen molar-refractivity contribution in [1.29, 1.82) is 0 Å². The molecule has 5 amide bonds. The molecular formula is C38H61N5O9. The summed E-state index contributed by atoms with van der Waals surface area (Å²) >= 11 is 0. The number of carbonyl (C=O) groups excluding carboxylic acids is 5. The summed E-state index contributed by atoms with van der Waals surface area (Å²) in [6.07, 6.45) is -0.687. The van der Waals surface area contributed by atoms with Crippen molar-refractivity contribution >= 4 is 29.7 Å². The SMILES string of the molecule is CC[C@H](C)[C@@H]([C@@H](CC(=O)N1CCC[C@H]1[C@H](OC)[C@@H](C)C(=O)N[C@H](C)[C@@H](O)c1ccccc1)OC)N(C)C(=O)[C@@H](NC(=O)[C@@H]1COC(=O)N1C)C(C)C. The molecule has 52 heavy (non-hydrogen) atoms. The number of benzene rings is 1. The number of hydrogen-bond acceptors (Lipinski definition) is 9. The van der Waals surface area contributed by atoms with Crippen molar-refractivity contribution in [1.82, 2.24) is 25.3 Å². The number of aliphatic hydroxyl groups is 1. The van der Waals surface area contributed by atoms with Gasteiger partial charge in [-0.3, -0.25) is 24.1 Å². The molecule has 14 heteroatoms. The van der Waals surface area contributed by atoms with Crippen LogP contribution in [0.3, 0.4) is 0 Å². The summed E-state index contributed by atoms with van der Waals surface area (Å²) in [5.41, 5.74) is 0.698. The standard InChI is InChI=1S/C38H61N5O9/c1-11-23(4)32(42(8)37(48)31(22(2)3)40-36(47)28-21-52-38(49)41(28)7)29(50-9)20-30(44)43-19-15-18-27(43)34(51-10)24(5)35(46)39-25(6)33(45)26-16-13-12-14-17-26/h12-14,16-17,22-25,27-29,31-34,45H,11,15,18-21H2,1-10H3,(H,39,46)(H,40,47)/t23-,24+,25+,27-,28-,29+,31-,32-,33+,34+/m0/s1. The Morgan fingerprint density at radius 1 is 1.04 bits per heavy atom. The van der Waals surface area contributed by atoms with Crippen molar-refractivity contribution in [3.8, 4) is 0 Å². The zero-order valence-electron chi connectivity index (χ0n) is 32.5. The van der Waals surface area contributed by atoms with Crippen molar-refractivity contribution in [2.24, 2.45) is 17.8 Å².